The zero-order valence-electron chi connectivity index (χ0n) is 19.0. The number of nitrogens with zero attached hydrogens (tertiary/aromatic N) is 2. The molecule has 1 unspecified atom stereocenters. The number of para-hydroxylation sites is 1. The maximum atomic E-state index is 11.7. The molecule has 0 aliphatic carbocycles. The second-order valence-electron chi connectivity index (χ2n) is 7.57. The Bertz CT molecular complexity index is 1190. The standard InChI is InChI=1S/C26H26N4O4/c1-3-33-26-28-23-10-6-7-20(16-31)24(23)30(26)15-18-11-13-19(14-12-18)21-8-4-5-9-22(21)25(27-2)29-34-17-32/h4-14,16-17,26,28H,3,15H2,1-2H3,(H,27,29). The van der Waals surface area contributed by atoms with Crippen molar-refractivity contribution in [1.82, 2.24) is 5.48 Å². The van der Waals surface area contributed by atoms with Crippen molar-refractivity contribution in [2.24, 2.45) is 4.99 Å². The highest BCUT2D eigenvalue weighted by atomic mass is 16.7. The Labute approximate surface area is 198 Å². The van der Waals surface area contributed by atoms with E-state index < -0.39 is 0 Å². The van der Waals surface area contributed by atoms with E-state index in [2.05, 4.69) is 32.8 Å². The van der Waals surface area contributed by atoms with E-state index >= 15 is 0 Å². The third kappa shape index (κ3) is 4.62. The van der Waals surface area contributed by atoms with Gasteiger partial charge in [0.05, 0.1) is 11.4 Å². The van der Waals surface area contributed by atoms with E-state index in [0.29, 0.717) is 31.0 Å². The van der Waals surface area contributed by atoms with Gasteiger partial charge >= 0.3 is 6.47 Å². The van der Waals surface area contributed by atoms with Crippen LogP contribution in [0.15, 0.2) is 71.7 Å². The topological polar surface area (TPSA) is 92.3 Å². The van der Waals surface area contributed by atoms with Crippen LogP contribution in [-0.4, -0.2) is 38.6 Å². The fourth-order valence-electron chi connectivity index (χ4n) is 4.10. The van der Waals surface area contributed by atoms with E-state index in [-0.39, 0.29) is 6.35 Å². The fourth-order valence-corrected chi connectivity index (χ4v) is 4.10. The van der Waals surface area contributed by atoms with Crippen molar-refractivity contribution in [3.63, 3.8) is 0 Å². The number of rotatable bonds is 9. The number of hydrogen-bond donors (Lipinski definition) is 2. The molecule has 1 aliphatic rings. The predicted molar refractivity (Wildman–Crippen MR) is 132 cm³/mol. The smallest absolute Gasteiger partial charge is 0.320 e. The lowest BCUT2D eigenvalue weighted by atomic mass is 9.98. The SMILES string of the molecule is CCOC1Nc2cccc(C=O)c2N1Cc1ccc(-c2ccccc2C(=NC)NOC=O)cc1. The van der Waals surface area contributed by atoms with Crippen LogP contribution >= 0.6 is 0 Å². The van der Waals surface area contributed by atoms with Crippen LogP contribution in [0.3, 0.4) is 0 Å². The number of amidine groups is 1. The zero-order valence-corrected chi connectivity index (χ0v) is 19.0. The van der Waals surface area contributed by atoms with Gasteiger partial charge in [-0.25, -0.2) is 5.48 Å². The predicted octanol–water partition coefficient (Wildman–Crippen LogP) is 3.97. The summed E-state index contributed by atoms with van der Waals surface area (Å²) >= 11 is 0. The zero-order chi connectivity index (χ0) is 23.9. The van der Waals surface area contributed by atoms with E-state index in [1.807, 2.05) is 61.5 Å². The van der Waals surface area contributed by atoms with Crippen LogP contribution in [0, 0.1) is 0 Å². The molecular weight excluding hydrogens is 432 g/mol. The molecule has 0 aromatic heterocycles. The number of carbonyl (C=O) groups excluding carboxylic acids is 2. The van der Waals surface area contributed by atoms with Gasteiger partial charge < -0.3 is 19.8 Å². The van der Waals surface area contributed by atoms with Crippen LogP contribution in [0.4, 0.5) is 11.4 Å². The molecule has 1 aliphatic heterocycles. The van der Waals surface area contributed by atoms with Crippen LogP contribution in [0.5, 0.6) is 0 Å². The van der Waals surface area contributed by atoms with Crippen molar-refractivity contribution in [3.8, 4) is 11.1 Å². The summed E-state index contributed by atoms with van der Waals surface area (Å²) in [7, 11) is 1.63. The van der Waals surface area contributed by atoms with Gasteiger partial charge in [-0.1, -0.05) is 54.6 Å². The molecule has 1 atom stereocenters. The number of ether oxygens (including phenoxy) is 1. The second kappa shape index (κ2) is 10.6. The first kappa shape index (κ1) is 23.0. The summed E-state index contributed by atoms with van der Waals surface area (Å²) in [6.45, 7) is 3.36. The molecule has 0 saturated carbocycles. The number of fused-ring (bicyclic) bond motifs is 1. The highest BCUT2D eigenvalue weighted by Gasteiger charge is 2.31. The Morgan fingerprint density at radius 3 is 2.59 bits per heavy atom. The summed E-state index contributed by atoms with van der Waals surface area (Å²) in [6, 6.07) is 21.5. The van der Waals surface area contributed by atoms with Gasteiger partial charge in [-0.05, 0) is 35.7 Å². The number of hydroxylamine groups is 1. The Hall–Kier alpha value is -4.17. The number of benzene rings is 3. The Balaban J connectivity index is 1.61. The second-order valence-corrected chi connectivity index (χ2v) is 7.57. The van der Waals surface area contributed by atoms with Crippen molar-refractivity contribution in [2.45, 2.75) is 19.8 Å². The van der Waals surface area contributed by atoms with Gasteiger partial charge in [0.1, 0.15) is 0 Å². The molecule has 8 heteroatoms. The van der Waals surface area contributed by atoms with Crippen LogP contribution in [0.1, 0.15) is 28.4 Å². The minimum atomic E-state index is -0.353. The molecule has 3 aromatic rings. The lowest BCUT2D eigenvalue weighted by Gasteiger charge is -2.27. The van der Waals surface area contributed by atoms with E-state index in [9.17, 15) is 9.59 Å². The van der Waals surface area contributed by atoms with Crippen LogP contribution in [0.2, 0.25) is 0 Å². The number of hydrogen-bond acceptors (Lipinski definition) is 7. The van der Waals surface area contributed by atoms with Crippen LogP contribution < -0.4 is 15.7 Å². The molecule has 0 saturated heterocycles. The number of anilines is 2. The van der Waals surface area contributed by atoms with Gasteiger partial charge in [0.25, 0.3) is 0 Å². The van der Waals surface area contributed by atoms with Crippen LogP contribution in [0.25, 0.3) is 11.1 Å². The van der Waals surface area contributed by atoms with Gasteiger partial charge in [-0.3, -0.25) is 14.6 Å². The van der Waals surface area contributed by atoms with Gasteiger partial charge in [0.15, 0.2) is 12.1 Å². The minimum absolute atomic E-state index is 0.319. The molecule has 0 amide bonds. The summed E-state index contributed by atoms with van der Waals surface area (Å²) in [5.74, 6) is 0.451. The maximum Gasteiger partial charge on any atom is 0.320 e. The summed E-state index contributed by atoms with van der Waals surface area (Å²) in [4.78, 5) is 33.2. The quantitative estimate of drug-likeness (QED) is 0.217. The average molecular weight is 459 g/mol. The lowest BCUT2D eigenvalue weighted by Crippen LogP contribution is -2.37. The molecule has 174 valence electrons. The molecule has 2 N–H and O–H groups in total. The molecule has 1 heterocycles. The minimum Gasteiger partial charge on any atom is -0.345 e. The summed E-state index contributed by atoms with van der Waals surface area (Å²) in [5, 5.41) is 3.35. The number of aliphatic imine (C=N–C) groups is 1. The molecule has 0 spiro atoms. The lowest BCUT2D eigenvalue weighted by molar-refractivity contribution is -0.132. The van der Waals surface area contributed by atoms with Gasteiger partial charge in [0, 0.05) is 31.3 Å². The highest BCUT2D eigenvalue weighted by molar-refractivity contribution is 6.04. The summed E-state index contributed by atoms with van der Waals surface area (Å²) in [5.41, 5.74) is 8.72. The average Bonchev–Trinajstić information content (AvgIpc) is 3.22. The normalized spacial score (nSPS) is 14.8. The first-order valence-corrected chi connectivity index (χ1v) is 10.9. The largest absolute Gasteiger partial charge is 0.345 e. The number of carbonyl (C=O) groups is 2. The van der Waals surface area contributed by atoms with Crippen LogP contribution in [-0.2, 0) is 20.9 Å². The Kier molecular flexibility index (Phi) is 7.19. The van der Waals surface area contributed by atoms with E-state index in [1.54, 1.807) is 7.05 Å². The first-order valence-electron chi connectivity index (χ1n) is 10.9. The van der Waals surface area contributed by atoms with E-state index in [1.165, 1.54) is 0 Å². The van der Waals surface area contributed by atoms with E-state index in [4.69, 9.17) is 9.57 Å². The molecule has 4 rings (SSSR count). The van der Waals surface area contributed by atoms with Crippen molar-refractivity contribution in [2.75, 3.05) is 23.9 Å². The van der Waals surface area contributed by atoms with Gasteiger partial charge in [-0.2, -0.15) is 0 Å². The third-order valence-corrected chi connectivity index (χ3v) is 5.60. The van der Waals surface area contributed by atoms with Crippen molar-refractivity contribution < 1.29 is 19.2 Å². The molecule has 0 bridgehead atoms. The van der Waals surface area contributed by atoms with Crippen molar-refractivity contribution >= 4 is 30.0 Å². The van der Waals surface area contributed by atoms with Crippen molar-refractivity contribution in [3.05, 3.63) is 83.4 Å². The molecule has 34 heavy (non-hydrogen) atoms. The molecule has 8 nitrogen and oxygen atoms in total. The Morgan fingerprint density at radius 1 is 1.09 bits per heavy atom. The van der Waals surface area contributed by atoms with E-state index in [0.717, 1.165) is 39.9 Å². The third-order valence-electron chi connectivity index (χ3n) is 5.60. The van der Waals surface area contributed by atoms with Crippen molar-refractivity contribution in [1.29, 1.82) is 0 Å². The molecule has 0 radical (unpaired) electrons. The number of aldehydes is 1. The van der Waals surface area contributed by atoms with Gasteiger partial charge in [-0.15, -0.1) is 0 Å². The van der Waals surface area contributed by atoms with Gasteiger partial charge in [0.2, 0.25) is 6.35 Å². The molecule has 0 fully saturated rings. The Morgan fingerprint density at radius 2 is 1.88 bits per heavy atom. The summed E-state index contributed by atoms with van der Waals surface area (Å²) in [6.07, 6.45) is 0.519. The summed E-state index contributed by atoms with van der Waals surface area (Å²) < 4.78 is 5.89. The highest BCUT2D eigenvalue weighted by Crippen LogP contribution is 2.38. The monoisotopic (exact) mass is 458 g/mol. The molecule has 3 aromatic carbocycles. The molecular formula is C26H26N4O4. The fraction of sp³-hybridized carbons (Fsp3) is 0.192. The maximum absolute atomic E-state index is 11.7. The number of nitrogens with one attached hydrogen (secondary N) is 2. The first-order chi connectivity index (χ1) is 16.7.